The second kappa shape index (κ2) is 22.8. The molecule has 15 rings (SSSR count). The Morgan fingerprint density at radius 3 is 1.66 bits per heavy atom. The number of aromatic nitrogens is 4. The fourth-order valence-electron chi connectivity index (χ4n) is 13.8. The minimum absolute atomic E-state index is 0. The SMILES string of the molecule is CC(C)(C)c1ccnc(-n2c3[c-]c(Oc4[c-]c(-n5[c-][n+]6c7c(cccc75)-c5ccccc5-c5ccc([Si](c7ccccc7)(c7ccccc7)c7ccccc7)cc5-c5cc(C(C)(C)C)cc(C(C)(C)C)c5-6)ccc4)ccc3c3cc(-c4ccccc4)ccc32)c1.[Pt]. The molecule has 0 fully saturated rings. The second-order valence-electron chi connectivity index (χ2n) is 27.2. The van der Waals surface area contributed by atoms with Gasteiger partial charge in [0.05, 0.1) is 16.7 Å². The number of rotatable bonds is 9. The summed E-state index contributed by atoms with van der Waals surface area (Å²) in [6.45, 7) is 20.8. The Balaban J connectivity index is 0.00000721. The van der Waals surface area contributed by atoms with E-state index in [9.17, 15) is 0 Å². The summed E-state index contributed by atoms with van der Waals surface area (Å²) >= 11 is 0. The zero-order chi connectivity index (χ0) is 61.7. The monoisotopic (exact) mass is 1370 g/mol. The van der Waals surface area contributed by atoms with Crippen molar-refractivity contribution in [2.45, 2.75) is 78.6 Å². The predicted molar refractivity (Wildman–Crippen MR) is 375 cm³/mol. The van der Waals surface area contributed by atoms with E-state index in [4.69, 9.17) is 9.72 Å². The largest absolute Gasteiger partial charge is 0.510 e. The minimum Gasteiger partial charge on any atom is -0.510 e. The predicted octanol–water partition coefficient (Wildman–Crippen LogP) is 17.8. The van der Waals surface area contributed by atoms with E-state index in [1.807, 2.05) is 18.3 Å². The van der Waals surface area contributed by atoms with Gasteiger partial charge in [-0.2, -0.15) is 18.2 Å². The fraction of sp³-hybridized carbons (Fsp3) is 0.143. The molecule has 91 heavy (non-hydrogen) atoms. The molecule has 0 unspecified atom stereocenters. The first-order valence-corrected chi connectivity index (χ1v) is 33.4. The molecular weight excluding hydrogens is 1300 g/mol. The third-order valence-electron chi connectivity index (χ3n) is 18.4. The van der Waals surface area contributed by atoms with Crippen molar-refractivity contribution in [2.75, 3.05) is 0 Å². The first kappa shape index (κ1) is 59.2. The smallest absolute Gasteiger partial charge is 0.268 e. The zero-order valence-corrected chi connectivity index (χ0v) is 56.1. The van der Waals surface area contributed by atoms with Crippen LogP contribution in [0.5, 0.6) is 11.5 Å². The molecule has 0 bridgehead atoms. The zero-order valence-electron chi connectivity index (χ0n) is 52.8. The summed E-state index contributed by atoms with van der Waals surface area (Å²) < 4.78 is 13.8. The van der Waals surface area contributed by atoms with Gasteiger partial charge in [0.2, 0.25) is 0 Å². The molecule has 5 nitrogen and oxygen atoms in total. The molecule has 0 aliphatic carbocycles. The summed E-state index contributed by atoms with van der Waals surface area (Å²) in [5.74, 6) is 1.96. The molecule has 0 amide bonds. The first-order valence-electron chi connectivity index (χ1n) is 31.4. The standard InChI is InChI=1S/C84H70N4OSi.Pt/c1-82(2,3)58-46-47-85-79(51-58)88-76-45-40-57(56-26-14-10-15-27-56)48-73(76)70-43-41-62(53-78(70)88)89-61-29-24-28-60(52-61)86-55-87-80-74(49-59(83(4,5)6)50-75(80)84(7,8)9)72-54-66(42-44-69(72)67-36-22-23-37-68(67)71-38-25-39-77(86)81(71)87)90(63-30-16-11-17-31-63,64-32-18-12-19-33-64)65-34-20-13-21-35-65;/h10-51,54H,1-9H3;/q-2;. The Bertz CT molecular complexity index is 4990. The summed E-state index contributed by atoms with van der Waals surface area (Å²) in [5, 5.41) is 7.49. The van der Waals surface area contributed by atoms with E-state index in [-0.39, 0.29) is 37.3 Å². The van der Waals surface area contributed by atoms with Crippen LogP contribution in [0.4, 0.5) is 0 Å². The van der Waals surface area contributed by atoms with Crippen molar-refractivity contribution >= 4 is 61.7 Å². The van der Waals surface area contributed by atoms with Gasteiger partial charge in [-0.25, -0.2) is 4.98 Å². The Hall–Kier alpha value is -9.45. The Kier molecular flexibility index (Phi) is 14.8. The topological polar surface area (TPSA) is 35.9 Å². The van der Waals surface area contributed by atoms with Crippen LogP contribution < -0.4 is 30.1 Å². The quantitative estimate of drug-likeness (QED) is 0.0625. The third-order valence-corrected chi connectivity index (χ3v) is 23.1. The molecule has 0 saturated heterocycles. The van der Waals surface area contributed by atoms with Crippen molar-refractivity contribution in [3.63, 3.8) is 0 Å². The number of hydrogen-bond acceptors (Lipinski definition) is 2. The van der Waals surface area contributed by atoms with Gasteiger partial charge in [-0.1, -0.05) is 274 Å². The second-order valence-corrected chi connectivity index (χ2v) is 31.0. The van der Waals surface area contributed by atoms with Crippen LogP contribution >= 0.6 is 0 Å². The molecule has 1 aliphatic heterocycles. The number of nitrogens with zero attached hydrogens (tertiary/aromatic N) is 4. The molecular formula is C84H70N4OPtSi-2. The summed E-state index contributed by atoms with van der Waals surface area (Å²) in [7, 11) is -3.00. The Labute approximate surface area is 550 Å². The van der Waals surface area contributed by atoms with Gasteiger partial charge in [-0.05, 0) is 127 Å². The van der Waals surface area contributed by atoms with Crippen molar-refractivity contribution in [2.24, 2.45) is 0 Å². The van der Waals surface area contributed by atoms with E-state index in [1.165, 1.54) is 54.1 Å². The van der Waals surface area contributed by atoms with Crippen molar-refractivity contribution in [1.29, 1.82) is 0 Å². The van der Waals surface area contributed by atoms with Crippen molar-refractivity contribution < 1.29 is 30.4 Å². The average Bonchev–Trinajstić information content (AvgIpc) is 1.70. The van der Waals surface area contributed by atoms with Crippen LogP contribution in [0.2, 0.25) is 0 Å². The molecule has 11 aromatic carbocycles. The maximum atomic E-state index is 6.95. The van der Waals surface area contributed by atoms with Gasteiger partial charge in [0.15, 0.2) is 8.07 Å². The van der Waals surface area contributed by atoms with Crippen molar-refractivity contribution in [3.05, 3.63) is 296 Å². The number of benzene rings is 11. The van der Waals surface area contributed by atoms with Crippen molar-refractivity contribution in [3.8, 4) is 73.2 Å². The fourth-order valence-corrected chi connectivity index (χ4v) is 18.6. The molecule has 0 atom stereocenters. The number of ether oxygens (including phenoxy) is 1. The normalized spacial score (nSPS) is 12.4. The molecule has 0 saturated carbocycles. The maximum Gasteiger partial charge on any atom is 0.268 e. The van der Waals surface area contributed by atoms with Crippen LogP contribution in [-0.2, 0) is 37.3 Å². The average molecular weight is 1370 g/mol. The van der Waals surface area contributed by atoms with Crippen LogP contribution in [0.1, 0.15) is 79.0 Å². The van der Waals surface area contributed by atoms with E-state index < -0.39 is 8.07 Å². The first-order chi connectivity index (χ1) is 43.5. The number of imidazole rings is 1. The van der Waals surface area contributed by atoms with Gasteiger partial charge in [-0.3, -0.25) is 4.57 Å². The molecule has 0 N–H and O–H groups in total. The molecule has 14 aromatic rings. The summed E-state index contributed by atoms with van der Waals surface area (Å²) in [5.41, 5.74) is 18.3. The molecule has 0 spiro atoms. The van der Waals surface area contributed by atoms with Gasteiger partial charge in [0.1, 0.15) is 5.82 Å². The number of fused-ring (bicyclic) bond motifs is 10. The molecule has 1 aliphatic rings. The van der Waals surface area contributed by atoms with Crippen LogP contribution in [0.25, 0.3) is 94.5 Å². The molecule has 0 radical (unpaired) electrons. The number of hydrogen-bond donors (Lipinski definition) is 0. The van der Waals surface area contributed by atoms with Gasteiger partial charge in [-0.15, -0.1) is 29.7 Å². The Morgan fingerprint density at radius 2 is 1.01 bits per heavy atom. The van der Waals surface area contributed by atoms with E-state index in [0.717, 1.165) is 77.8 Å². The van der Waals surface area contributed by atoms with Gasteiger partial charge in [0, 0.05) is 44.3 Å². The molecule has 3 aromatic heterocycles. The van der Waals surface area contributed by atoms with Gasteiger partial charge < -0.3 is 13.9 Å². The van der Waals surface area contributed by atoms with Crippen molar-refractivity contribution in [1.82, 2.24) is 14.1 Å². The minimum atomic E-state index is -3.00. The van der Waals surface area contributed by atoms with Gasteiger partial charge >= 0.3 is 0 Å². The van der Waals surface area contributed by atoms with Gasteiger partial charge in [0.25, 0.3) is 6.33 Å². The molecule has 7 heteroatoms. The summed E-state index contributed by atoms with van der Waals surface area (Å²) in [4.78, 5) is 5.00. The summed E-state index contributed by atoms with van der Waals surface area (Å²) in [6, 6.07) is 101. The maximum absolute atomic E-state index is 6.95. The number of pyridine rings is 1. The van der Waals surface area contributed by atoms with E-state index >= 15 is 0 Å². The van der Waals surface area contributed by atoms with Crippen LogP contribution in [0, 0.1) is 18.5 Å². The van der Waals surface area contributed by atoms with E-state index in [0.29, 0.717) is 11.5 Å². The van der Waals surface area contributed by atoms with Crippen LogP contribution in [0.3, 0.4) is 0 Å². The molecule has 4 heterocycles. The summed E-state index contributed by atoms with van der Waals surface area (Å²) in [6.07, 6.45) is 6.00. The van der Waals surface area contributed by atoms with E-state index in [1.54, 1.807) is 0 Å². The number of para-hydroxylation sites is 1. The van der Waals surface area contributed by atoms with Crippen LogP contribution in [0.15, 0.2) is 261 Å². The van der Waals surface area contributed by atoms with E-state index in [2.05, 4.69) is 337 Å². The third kappa shape index (κ3) is 10.2. The Morgan fingerprint density at radius 1 is 0.418 bits per heavy atom. The van der Waals surface area contributed by atoms with Crippen LogP contribution in [-0.4, -0.2) is 22.2 Å². The molecule has 448 valence electrons.